The standard InChI is InChI=1S/C12H19N3/c1-2-7-13-11-6-5-8-14-12(11)15-9-3-4-10-15/h5-6,8,13H,2-4,7,9-10H2,1H3. The van der Waals surface area contributed by atoms with E-state index in [4.69, 9.17) is 0 Å². The van der Waals surface area contributed by atoms with Crippen LogP contribution in [0.3, 0.4) is 0 Å². The van der Waals surface area contributed by atoms with Crippen LogP contribution < -0.4 is 10.2 Å². The predicted molar refractivity (Wildman–Crippen MR) is 64.5 cm³/mol. The van der Waals surface area contributed by atoms with E-state index >= 15 is 0 Å². The summed E-state index contributed by atoms with van der Waals surface area (Å²) in [5, 5.41) is 3.44. The van der Waals surface area contributed by atoms with E-state index in [-0.39, 0.29) is 0 Å². The molecule has 15 heavy (non-hydrogen) atoms. The lowest BCUT2D eigenvalue weighted by Crippen LogP contribution is -2.20. The Kier molecular flexibility index (Phi) is 3.43. The van der Waals surface area contributed by atoms with E-state index in [1.165, 1.54) is 18.5 Å². The lowest BCUT2D eigenvalue weighted by atomic mass is 10.3. The van der Waals surface area contributed by atoms with Crippen molar-refractivity contribution in [2.75, 3.05) is 29.9 Å². The summed E-state index contributed by atoms with van der Waals surface area (Å²) in [5.74, 6) is 1.13. The van der Waals surface area contributed by atoms with Crippen LogP contribution in [0.5, 0.6) is 0 Å². The molecule has 0 aliphatic carbocycles. The van der Waals surface area contributed by atoms with E-state index < -0.39 is 0 Å². The Hall–Kier alpha value is -1.25. The Morgan fingerprint density at radius 3 is 2.93 bits per heavy atom. The highest BCUT2D eigenvalue weighted by Gasteiger charge is 2.16. The van der Waals surface area contributed by atoms with Crippen LogP contribution in [0.2, 0.25) is 0 Å². The van der Waals surface area contributed by atoms with Gasteiger partial charge in [-0.25, -0.2) is 4.98 Å². The van der Waals surface area contributed by atoms with Gasteiger partial charge in [0.2, 0.25) is 0 Å². The van der Waals surface area contributed by atoms with Crippen molar-refractivity contribution in [1.29, 1.82) is 0 Å². The highest BCUT2D eigenvalue weighted by Crippen LogP contribution is 2.25. The zero-order valence-electron chi connectivity index (χ0n) is 9.37. The fraction of sp³-hybridized carbons (Fsp3) is 0.583. The van der Waals surface area contributed by atoms with Gasteiger partial charge in [-0.15, -0.1) is 0 Å². The second-order valence-corrected chi connectivity index (χ2v) is 4.00. The van der Waals surface area contributed by atoms with Crippen molar-refractivity contribution in [3.63, 3.8) is 0 Å². The maximum absolute atomic E-state index is 4.48. The summed E-state index contributed by atoms with van der Waals surface area (Å²) < 4.78 is 0. The lowest BCUT2D eigenvalue weighted by molar-refractivity contribution is 0.926. The minimum atomic E-state index is 1.02. The van der Waals surface area contributed by atoms with E-state index in [1.54, 1.807) is 0 Å². The van der Waals surface area contributed by atoms with Crippen LogP contribution in [-0.2, 0) is 0 Å². The van der Waals surface area contributed by atoms with Crippen molar-refractivity contribution < 1.29 is 0 Å². The van der Waals surface area contributed by atoms with Gasteiger partial charge in [0.25, 0.3) is 0 Å². The van der Waals surface area contributed by atoms with Crippen LogP contribution in [0.25, 0.3) is 0 Å². The second-order valence-electron chi connectivity index (χ2n) is 4.00. The van der Waals surface area contributed by atoms with E-state index in [0.29, 0.717) is 0 Å². The Morgan fingerprint density at radius 1 is 1.40 bits per heavy atom. The average molecular weight is 205 g/mol. The molecule has 0 bridgehead atoms. The minimum Gasteiger partial charge on any atom is -0.382 e. The fourth-order valence-electron chi connectivity index (χ4n) is 1.98. The van der Waals surface area contributed by atoms with E-state index in [2.05, 4.69) is 28.2 Å². The largest absolute Gasteiger partial charge is 0.382 e. The highest BCUT2D eigenvalue weighted by atomic mass is 15.2. The topological polar surface area (TPSA) is 28.2 Å². The molecule has 0 radical (unpaired) electrons. The maximum atomic E-state index is 4.48. The molecule has 0 amide bonds. The number of nitrogens with one attached hydrogen (secondary N) is 1. The van der Waals surface area contributed by atoms with Crippen LogP contribution in [0.1, 0.15) is 26.2 Å². The zero-order chi connectivity index (χ0) is 10.5. The smallest absolute Gasteiger partial charge is 0.151 e. The van der Waals surface area contributed by atoms with Crippen molar-refractivity contribution in [3.8, 4) is 0 Å². The number of rotatable bonds is 4. The molecule has 3 nitrogen and oxygen atoms in total. The van der Waals surface area contributed by atoms with E-state index in [9.17, 15) is 0 Å². The summed E-state index contributed by atoms with van der Waals surface area (Å²) in [4.78, 5) is 6.85. The second kappa shape index (κ2) is 5.01. The Labute approximate surface area is 91.5 Å². The molecule has 1 aromatic heterocycles. The van der Waals surface area contributed by atoms with Gasteiger partial charge in [0.15, 0.2) is 5.82 Å². The lowest BCUT2D eigenvalue weighted by Gasteiger charge is -2.20. The molecule has 0 saturated carbocycles. The van der Waals surface area contributed by atoms with Gasteiger partial charge in [-0.3, -0.25) is 0 Å². The van der Waals surface area contributed by atoms with Crippen LogP contribution in [0.15, 0.2) is 18.3 Å². The average Bonchev–Trinajstić information content (AvgIpc) is 2.80. The quantitative estimate of drug-likeness (QED) is 0.818. The third-order valence-corrected chi connectivity index (χ3v) is 2.76. The Morgan fingerprint density at radius 2 is 2.20 bits per heavy atom. The van der Waals surface area contributed by atoms with Crippen molar-refractivity contribution in [2.24, 2.45) is 0 Å². The first kappa shape index (κ1) is 10.3. The predicted octanol–water partition coefficient (Wildman–Crippen LogP) is 2.50. The number of pyridine rings is 1. The van der Waals surface area contributed by atoms with Crippen LogP contribution >= 0.6 is 0 Å². The van der Waals surface area contributed by atoms with Crippen molar-refractivity contribution >= 4 is 11.5 Å². The fourth-order valence-corrected chi connectivity index (χ4v) is 1.98. The molecule has 1 fully saturated rings. The Bertz CT molecular complexity index is 305. The third kappa shape index (κ3) is 2.41. The van der Waals surface area contributed by atoms with Crippen LogP contribution in [-0.4, -0.2) is 24.6 Å². The van der Waals surface area contributed by atoms with Gasteiger partial charge in [0, 0.05) is 25.8 Å². The summed E-state index contributed by atoms with van der Waals surface area (Å²) in [6.07, 6.45) is 5.62. The summed E-state index contributed by atoms with van der Waals surface area (Å²) in [5.41, 5.74) is 1.18. The number of aromatic nitrogens is 1. The first-order valence-electron chi connectivity index (χ1n) is 5.85. The van der Waals surface area contributed by atoms with Gasteiger partial charge in [-0.05, 0) is 31.4 Å². The van der Waals surface area contributed by atoms with Crippen molar-refractivity contribution in [1.82, 2.24) is 4.98 Å². The molecule has 1 aliphatic rings. The molecule has 1 aliphatic heterocycles. The Balaban J connectivity index is 2.13. The molecule has 0 unspecified atom stereocenters. The molecule has 2 rings (SSSR count). The number of hydrogen-bond donors (Lipinski definition) is 1. The number of hydrogen-bond acceptors (Lipinski definition) is 3. The molecule has 0 spiro atoms. The van der Waals surface area contributed by atoms with Gasteiger partial charge < -0.3 is 10.2 Å². The molecule has 0 aromatic carbocycles. The van der Waals surface area contributed by atoms with E-state index in [1.807, 2.05) is 12.3 Å². The van der Waals surface area contributed by atoms with Gasteiger partial charge in [0.1, 0.15) is 0 Å². The first-order valence-corrected chi connectivity index (χ1v) is 5.85. The summed E-state index contributed by atoms with van der Waals surface area (Å²) >= 11 is 0. The molecule has 1 saturated heterocycles. The molecule has 1 N–H and O–H groups in total. The molecule has 3 heteroatoms. The molecule has 0 atom stereocenters. The summed E-state index contributed by atoms with van der Waals surface area (Å²) in [7, 11) is 0. The van der Waals surface area contributed by atoms with Crippen molar-refractivity contribution in [2.45, 2.75) is 26.2 Å². The van der Waals surface area contributed by atoms with Gasteiger partial charge >= 0.3 is 0 Å². The molecule has 1 aromatic rings. The van der Waals surface area contributed by atoms with Gasteiger partial charge in [-0.2, -0.15) is 0 Å². The van der Waals surface area contributed by atoms with Gasteiger partial charge in [0.05, 0.1) is 5.69 Å². The van der Waals surface area contributed by atoms with Crippen molar-refractivity contribution in [3.05, 3.63) is 18.3 Å². The molecule has 82 valence electrons. The number of anilines is 2. The SMILES string of the molecule is CCCNc1cccnc1N1CCCC1. The van der Waals surface area contributed by atoms with Gasteiger partial charge in [-0.1, -0.05) is 6.92 Å². The van der Waals surface area contributed by atoms with Crippen LogP contribution in [0.4, 0.5) is 11.5 Å². The zero-order valence-corrected chi connectivity index (χ0v) is 9.37. The molecular weight excluding hydrogens is 186 g/mol. The summed E-state index contributed by atoms with van der Waals surface area (Å²) in [6, 6.07) is 4.12. The molecular formula is C12H19N3. The first-order chi connectivity index (χ1) is 7.42. The molecule has 2 heterocycles. The minimum absolute atomic E-state index is 1.02. The van der Waals surface area contributed by atoms with Crippen LogP contribution in [0, 0.1) is 0 Å². The van der Waals surface area contributed by atoms with E-state index in [0.717, 1.165) is 31.9 Å². The monoisotopic (exact) mass is 205 g/mol. The maximum Gasteiger partial charge on any atom is 0.151 e. The summed E-state index contributed by atoms with van der Waals surface area (Å²) in [6.45, 7) is 5.50. The third-order valence-electron chi connectivity index (χ3n) is 2.76. The number of nitrogens with zero attached hydrogens (tertiary/aromatic N) is 2. The normalized spacial score (nSPS) is 15.7. The highest BCUT2D eigenvalue weighted by molar-refractivity contribution is 5.65.